The van der Waals surface area contributed by atoms with Gasteiger partial charge in [0.1, 0.15) is 16.8 Å². The quantitative estimate of drug-likeness (QED) is 0.733. The van der Waals surface area contributed by atoms with Crippen LogP contribution in [0.1, 0.15) is 22.2 Å². The van der Waals surface area contributed by atoms with Gasteiger partial charge in [-0.05, 0) is 19.1 Å². The maximum atomic E-state index is 8.83. The molecule has 0 aliphatic carbocycles. The largest absolute Gasteiger partial charge is 0.334 e. The van der Waals surface area contributed by atoms with E-state index in [2.05, 4.69) is 20.1 Å². The molecular formula is C13H9N5OS. The molecular weight excluding hydrogens is 274 g/mol. The highest BCUT2D eigenvalue weighted by Crippen LogP contribution is 2.19. The number of nitriles is 1. The standard InChI is InChI=1S/C13H9N5OS/c1-8-7-20-12(16-8)5-11-17-13(19-18-11)9-2-3-15-10(4-9)6-14/h2-4,7H,5H2,1H3. The third-order valence-electron chi connectivity index (χ3n) is 2.57. The first-order valence-corrected chi connectivity index (χ1v) is 6.72. The van der Waals surface area contributed by atoms with E-state index in [1.54, 1.807) is 29.7 Å². The molecule has 3 aromatic heterocycles. The Morgan fingerprint density at radius 1 is 1.40 bits per heavy atom. The topological polar surface area (TPSA) is 88.5 Å². The number of pyridine rings is 1. The lowest BCUT2D eigenvalue weighted by atomic mass is 10.2. The molecule has 0 atom stereocenters. The minimum absolute atomic E-state index is 0.317. The lowest BCUT2D eigenvalue weighted by Crippen LogP contribution is -1.90. The van der Waals surface area contributed by atoms with Crippen LogP contribution in [-0.4, -0.2) is 20.1 Å². The molecule has 0 fully saturated rings. The van der Waals surface area contributed by atoms with E-state index in [9.17, 15) is 0 Å². The lowest BCUT2D eigenvalue weighted by molar-refractivity contribution is 0.424. The fourth-order valence-electron chi connectivity index (χ4n) is 1.69. The van der Waals surface area contributed by atoms with E-state index in [4.69, 9.17) is 9.78 Å². The number of hydrogen-bond acceptors (Lipinski definition) is 7. The highest BCUT2D eigenvalue weighted by atomic mass is 32.1. The molecule has 20 heavy (non-hydrogen) atoms. The second-order valence-electron chi connectivity index (χ2n) is 4.12. The van der Waals surface area contributed by atoms with Gasteiger partial charge in [0.05, 0.1) is 6.42 Å². The van der Waals surface area contributed by atoms with Gasteiger partial charge in [0.25, 0.3) is 5.89 Å². The predicted octanol–water partition coefficient (Wildman–Crippen LogP) is 2.36. The van der Waals surface area contributed by atoms with Gasteiger partial charge in [-0.1, -0.05) is 5.16 Å². The van der Waals surface area contributed by atoms with Crippen LogP contribution in [0.3, 0.4) is 0 Å². The van der Waals surface area contributed by atoms with E-state index in [1.165, 1.54) is 0 Å². The molecule has 0 spiro atoms. The normalized spacial score (nSPS) is 10.4. The molecule has 0 amide bonds. The van der Waals surface area contributed by atoms with Gasteiger partial charge >= 0.3 is 0 Å². The van der Waals surface area contributed by atoms with Gasteiger partial charge in [0, 0.05) is 22.8 Å². The van der Waals surface area contributed by atoms with Crippen LogP contribution in [0.2, 0.25) is 0 Å². The molecule has 0 saturated heterocycles. The second-order valence-corrected chi connectivity index (χ2v) is 5.06. The molecule has 0 unspecified atom stereocenters. The Hall–Kier alpha value is -2.59. The van der Waals surface area contributed by atoms with Crippen LogP contribution in [0, 0.1) is 18.3 Å². The first kappa shape index (κ1) is 12.4. The van der Waals surface area contributed by atoms with E-state index < -0.39 is 0 Å². The summed E-state index contributed by atoms with van der Waals surface area (Å²) < 4.78 is 5.21. The molecule has 0 N–H and O–H groups in total. The van der Waals surface area contributed by atoms with Crippen molar-refractivity contribution in [2.24, 2.45) is 0 Å². The van der Waals surface area contributed by atoms with Crippen LogP contribution in [-0.2, 0) is 6.42 Å². The third kappa shape index (κ3) is 2.55. The molecule has 0 radical (unpaired) electrons. The van der Waals surface area contributed by atoms with Gasteiger partial charge in [-0.3, -0.25) is 0 Å². The maximum absolute atomic E-state index is 8.83. The van der Waals surface area contributed by atoms with Crippen LogP contribution in [0.4, 0.5) is 0 Å². The molecule has 7 heteroatoms. The summed E-state index contributed by atoms with van der Waals surface area (Å²) in [6, 6.07) is 5.32. The molecule has 0 saturated carbocycles. The number of rotatable bonds is 3. The summed E-state index contributed by atoms with van der Waals surface area (Å²) in [5.41, 5.74) is 1.99. The zero-order chi connectivity index (χ0) is 13.9. The Morgan fingerprint density at radius 2 is 2.30 bits per heavy atom. The number of nitrogens with zero attached hydrogens (tertiary/aromatic N) is 5. The number of aromatic nitrogens is 4. The molecule has 0 bridgehead atoms. The predicted molar refractivity (Wildman–Crippen MR) is 71.9 cm³/mol. The van der Waals surface area contributed by atoms with Crippen molar-refractivity contribution in [1.29, 1.82) is 5.26 Å². The summed E-state index contributed by atoms with van der Waals surface area (Å²) in [7, 11) is 0. The van der Waals surface area contributed by atoms with E-state index >= 15 is 0 Å². The van der Waals surface area contributed by atoms with Crippen LogP contribution in [0.5, 0.6) is 0 Å². The smallest absolute Gasteiger partial charge is 0.258 e. The summed E-state index contributed by atoms with van der Waals surface area (Å²) >= 11 is 1.57. The lowest BCUT2D eigenvalue weighted by Gasteiger charge is -1.92. The summed E-state index contributed by atoms with van der Waals surface area (Å²) in [4.78, 5) is 12.6. The van der Waals surface area contributed by atoms with Crippen molar-refractivity contribution in [3.63, 3.8) is 0 Å². The van der Waals surface area contributed by atoms with Crippen molar-refractivity contribution in [3.8, 4) is 17.5 Å². The van der Waals surface area contributed by atoms with Crippen LogP contribution in [0.25, 0.3) is 11.5 Å². The van der Waals surface area contributed by atoms with Crippen LogP contribution in [0.15, 0.2) is 28.2 Å². The molecule has 0 aliphatic rings. The molecule has 3 rings (SSSR count). The van der Waals surface area contributed by atoms with Crippen molar-refractivity contribution in [2.75, 3.05) is 0 Å². The zero-order valence-corrected chi connectivity index (χ0v) is 11.4. The second kappa shape index (κ2) is 5.19. The van der Waals surface area contributed by atoms with Crippen LogP contribution >= 0.6 is 11.3 Å². The average Bonchev–Trinajstić information content (AvgIpc) is 3.09. The number of aryl methyl sites for hydroxylation is 1. The first-order chi connectivity index (χ1) is 9.74. The van der Waals surface area contributed by atoms with Crippen molar-refractivity contribution in [3.05, 3.63) is 45.9 Å². The minimum atomic E-state index is 0.317. The molecule has 3 aromatic rings. The SMILES string of the molecule is Cc1csc(Cc2noc(-c3ccnc(C#N)c3)n2)n1. The van der Waals surface area contributed by atoms with Crippen LogP contribution < -0.4 is 0 Å². The van der Waals surface area contributed by atoms with E-state index in [-0.39, 0.29) is 0 Å². The minimum Gasteiger partial charge on any atom is -0.334 e. The van der Waals surface area contributed by atoms with E-state index in [0.717, 1.165) is 10.7 Å². The van der Waals surface area contributed by atoms with E-state index in [0.29, 0.717) is 29.4 Å². The van der Waals surface area contributed by atoms with Crippen molar-refractivity contribution < 1.29 is 4.52 Å². The highest BCUT2D eigenvalue weighted by Gasteiger charge is 2.11. The Morgan fingerprint density at radius 3 is 3.05 bits per heavy atom. The Balaban J connectivity index is 1.84. The Kier molecular flexibility index (Phi) is 3.23. The summed E-state index contributed by atoms with van der Waals surface area (Å²) in [5.74, 6) is 0.955. The molecule has 0 aromatic carbocycles. The molecule has 98 valence electrons. The Labute approximate surface area is 118 Å². The van der Waals surface area contributed by atoms with Crippen molar-refractivity contribution >= 4 is 11.3 Å². The number of hydrogen-bond donors (Lipinski definition) is 0. The fourth-order valence-corrected chi connectivity index (χ4v) is 2.46. The fraction of sp³-hybridized carbons (Fsp3) is 0.154. The van der Waals surface area contributed by atoms with Crippen molar-refractivity contribution in [2.45, 2.75) is 13.3 Å². The Bertz CT molecular complexity index is 786. The van der Waals surface area contributed by atoms with Gasteiger partial charge in [-0.15, -0.1) is 11.3 Å². The average molecular weight is 283 g/mol. The number of thiazole rings is 1. The zero-order valence-electron chi connectivity index (χ0n) is 10.6. The molecule has 0 aliphatic heterocycles. The van der Waals surface area contributed by atoms with E-state index in [1.807, 2.05) is 18.4 Å². The van der Waals surface area contributed by atoms with Gasteiger partial charge in [0.15, 0.2) is 5.82 Å². The summed E-state index contributed by atoms with van der Waals surface area (Å²) in [6.07, 6.45) is 2.08. The summed E-state index contributed by atoms with van der Waals surface area (Å²) in [6.45, 7) is 1.95. The monoisotopic (exact) mass is 283 g/mol. The molecule has 6 nitrogen and oxygen atoms in total. The van der Waals surface area contributed by atoms with Gasteiger partial charge < -0.3 is 4.52 Å². The summed E-state index contributed by atoms with van der Waals surface area (Å²) in [5, 5.41) is 15.7. The first-order valence-electron chi connectivity index (χ1n) is 5.85. The van der Waals surface area contributed by atoms with Gasteiger partial charge in [0.2, 0.25) is 0 Å². The highest BCUT2D eigenvalue weighted by molar-refractivity contribution is 7.09. The van der Waals surface area contributed by atoms with Gasteiger partial charge in [-0.25, -0.2) is 9.97 Å². The maximum Gasteiger partial charge on any atom is 0.258 e. The van der Waals surface area contributed by atoms with Gasteiger partial charge in [-0.2, -0.15) is 10.2 Å². The molecule has 3 heterocycles. The van der Waals surface area contributed by atoms with Crippen molar-refractivity contribution in [1.82, 2.24) is 20.1 Å². The third-order valence-corrected chi connectivity index (χ3v) is 3.53.